The van der Waals surface area contributed by atoms with Crippen molar-refractivity contribution in [2.24, 2.45) is 0 Å². The maximum atomic E-state index is 10.9. The summed E-state index contributed by atoms with van der Waals surface area (Å²) in [6, 6.07) is 6.12. The van der Waals surface area contributed by atoms with E-state index in [1.807, 2.05) is 12.1 Å². The molecule has 0 amide bonds. The van der Waals surface area contributed by atoms with Crippen LogP contribution in [0.2, 0.25) is 0 Å². The molecule has 1 heterocycles. The van der Waals surface area contributed by atoms with Crippen LogP contribution >= 0.6 is 0 Å². The van der Waals surface area contributed by atoms with Gasteiger partial charge in [-0.15, -0.1) is 0 Å². The van der Waals surface area contributed by atoms with Gasteiger partial charge in [0, 0.05) is 25.5 Å². The fourth-order valence-electron chi connectivity index (χ4n) is 3.23. The largest absolute Gasteiger partial charge is 0.493 e. The van der Waals surface area contributed by atoms with Crippen molar-refractivity contribution in [1.82, 2.24) is 0 Å². The normalized spacial score (nSPS) is 30.9. The van der Waals surface area contributed by atoms with E-state index in [4.69, 9.17) is 9.47 Å². The number of aliphatic hydroxyl groups is 1. The minimum absolute atomic E-state index is 0.154. The number of benzene rings is 1. The number of ether oxygens (including phenoxy) is 2. The lowest BCUT2D eigenvalue weighted by Gasteiger charge is -2.37. The molecule has 1 saturated carbocycles. The first-order chi connectivity index (χ1) is 8.73. The highest BCUT2D eigenvalue weighted by Crippen LogP contribution is 2.44. The molecule has 1 aliphatic carbocycles. The minimum Gasteiger partial charge on any atom is -0.493 e. The average Bonchev–Trinajstić information content (AvgIpc) is 2.86. The first-order valence-corrected chi connectivity index (χ1v) is 6.73. The van der Waals surface area contributed by atoms with Crippen LogP contribution in [0.15, 0.2) is 18.2 Å². The number of para-hydroxylation sites is 1. The molecule has 0 saturated heterocycles. The standard InChI is InChI=1S/C15H20O3/c1-17-12-5-3-8-15(16,10-12)13-6-2-4-11-7-9-18-14(11)13/h2,4,6,12,16H,3,5,7-10H2,1H3. The summed E-state index contributed by atoms with van der Waals surface area (Å²) in [6.07, 6.45) is 4.61. The van der Waals surface area contributed by atoms with Gasteiger partial charge in [-0.25, -0.2) is 0 Å². The van der Waals surface area contributed by atoms with Gasteiger partial charge in [0.15, 0.2) is 0 Å². The Morgan fingerprint density at radius 1 is 1.44 bits per heavy atom. The van der Waals surface area contributed by atoms with Crippen LogP contribution in [0.4, 0.5) is 0 Å². The van der Waals surface area contributed by atoms with Crippen molar-refractivity contribution in [2.45, 2.75) is 43.8 Å². The Labute approximate surface area is 108 Å². The molecule has 2 atom stereocenters. The smallest absolute Gasteiger partial charge is 0.128 e. The fraction of sp³-hybridized carbons (Fsp3) is 0.600. The highest BCUT2D eigenvalue weighted by atomic mass is 16.5. The lowest BCUT2D eigenvalue weighted by atomic mass is 9.77. The summed E-state index contributed by atoms with van der Waals surface area (Å²) >= 11 is 0. The van der Waals surface area contributed by atoms with Crippen molar-refractivity contribution in [3.63, 3.8) is 0 Å². The number of fused-ring (bicyclic) bond motifs is 1. The third kappa shape index (κ3) is 1.91. The van der Waals surface area contributed by atoms with Gasteiger partial charge in [-0.3, -0.25) is 0 Å². The molecule has 0 aromatic heterocycles. The molecule has 1 aliphatic heterocycles. The third-order valence-electron chi connectivity index (χ3n) is 4.23. The molecule has 3 rings (SSSR count). The predicted molar refractivity (Wildman–Crippen MR) is 68.8 cm³/mol. The van der Waals surface area contributed by atoms with E-state index >= 15 is 0 Å². The predicted octanol–water partition coefficient (Wildman–Crippen LogP) is 2.40. The maximum Gasteiger partial charge on any atom is 0.128 e. The number of hydrogen-bond acceptors (Lipinski definition) is 3. The molecular formula is C15H20O3. The molecule has 98 valence electrons. The summed E-state index contributed by atoms with van der Waals surface area (Å²) in [4.78, 5) is 0. The van der Waals surface area contributed by atoms with E-state index in [9.17, 15) is 5.11 Å². The van der Waals surface area contributed by atoms with Gasteiger partial charge >= 0.3 is 0 Å². The molecule has 3 nitrogen and oxygen atoms in total. The first kappa shape index (κ1) is 12.0. The van der Waals surface area contributed by atoms with E-state index in [1.165, 1.54) is 5.56 Å². The quantitative estimate of drug-likeness (QED) is 0.873. The first-order valence-electron chi connectivity index (χ1n) is 6.73. The van der Waals surface area contributed by atoms with E-state index < -0.39 is 5.60 Å². The third-order valence-corrected chi connectivity index (χ3v) is 4.23. The summed E-state index contributed by atoms with van der Waals surface area (Å²) in [6.45, 7) is 0.732. The zero-order valence-electron chi connectivity index (χ0n) is 10.8. The van der Waals surface area contributed by atoms with Crippen LogP contribution in [-0.4, -0.2) is 24.9 Å². The molecule has 1 fully saturated rings. The summed E-state index contributed by atoms with van der Waals surface area (Å²) in [5.41, 5.74) is 1.40. The van der Waals surface area contributed by atoms with Gasteiger partial charge in [0.25, 0.3) is 0 Å². The van der Waals surface area contributed by atoms with Gasteiger partial charge < -0.3 is 14.6 Å². The van der Waals surface area contributed by atoms with E-state index in [-0.39, 0.29) is 6.10 Å². The zero-order chi connectivity index (χ0) is 12.6. The number of methoxy groups -OCH3 is 1. The van der Waals surface area contributed by atoms with E-state index in [0.717, 1.165) is 43.6 Å². The van der Waals surface area contributed by atoms with Crippen molar-refractivity contribution in [1.29, 1.82) is 0 Å². The van der Waals surface area contributed by atoms with Gasteiger partial charge in [0.05, 0.1) is 18.3 Å². The Balaban J connectivity index is 1.96. The second-order valence-electron chi connectivity index (χ2n) is 5.38. The highest BCUT2D eigenvalue weighted by molar-refractivity contribution is 5.47. The van der Waals surface area contributed by atoms with Gasteiger partial charge in [-0.1, -0.05) is 18.2 Å². The second kappa shape index (κ2) is 4.56. The SMILES string of the molecule is COC1CCCC(O)(c2cccc3c2OCC3)C1. The molecule has 1 aromatic carbocycles. The van der Waals surface area contributed by atoms with Crippen molar-refractivity contribution >= 4 is 0 Å². The summed E-state index contributed by atoms with van der Waals surface area (Å²) in [5.74, 6) is 0.914. The van der Waals surface area contributed by atoms with E-state index in [0.29, 0.717) is 6.42 Å². The van der Waals surface area contributed by atoms with Crippen molar-refractivity contribution in [3.05, 3.63) is 29.3 Å². The Hall–Kier alpha value is -1.06. The summed E-state index contributed by atoms with van der Waals surface area (Å²) in [7, 11) is 1.72. The molecule has 18 heavy (non-hydrogen) atoms. The van der Waals surface area contributed by atoms with E-state index in [2.05, 4.69) is 6.07 Å². The van der Waals surface area contributed by atoms with Crippen LogP contribution in [0, 0.1) is 0 Å². The fourth-order valence-corrected chi connectivity index (χ4v) is 3.23. The summed E-state index contributed by atoms with van der Waals surface area (Å²) < 4.78 is 11.1. The Kier molecular flexibility index (Phi) is 3.04. The molecule has 2 aliphatic rings. The van der Waals surface area contributed by atoms with Crippen molar-refractivity contribution in [3.8, 4) is 5.75 Å². The topological polar surface area (TPSA) is 38.7 Å². The maximum absolute atomic E-state index is 10.9. The number of rotatable bonds is 2. The van der Waals surface area contributed by atoms with Gasteiger partial charge in [0.1, 0.15) is 5.75 Å². The van der Waals surface area contributed by atoms with Crippen LogP contribution in [0.5, 0.6) is 5.75 Å². The van der Waals surface area contributed by atoms with Crippen LogP contribution in [0.25, 0.3) is 0 Å². The minimum atomic E-state index is -0.783. The van der Waals surface area contributed by atoms with Gasteiger partial charge in [0.2, 0.25) is 0 Å². The highest BCUT2D eigenvalue weighted by Gasteiger charge is 2.39. The average molecular weight is 248 g/mol. The Morgan fingerprint density at radius 3 is 3.17 bits per heavy atom. The van der Waals surface area contributed by atoms with Gasteiger partial charge in [-0.2, -0.15) is 0 Å². The molecule has 3 heteroatoms. The monoisotopic (exact) mass is 248 g/mol. The van der Waals surface area contributed by atoms with Gasteiger partial charge in [-0.05, 0) is 24.8 Å². The van der Waals surface area contributed by atoms with Crippen LogP contribution in [0.1, 0.15) is 36.8 Å². The lowest BCUT2D eigenvalue weighted by molar-refractivity contribution is -0.0641. The zero-order valence-corrected chi connectivity index (χ0v) is 10.8. The van der Waals surface area contributed by atoms with Crippen molar-refractivity contribution in [2.75, 3.05) is 13.7 Å². The van der Waals surface area contributed by atoms with Crippen molar-refractivity contribution < 1.29 is 14.6 Å². The molecule has 0 radical (unpaired) electrons. The van der Waals surface area contributed by atoms with Crippen LogP contribution < -0.4 is 4.74 Å². The molecule has 2 unspecified atom stereocenters. The number of hydrogen-bond donors (Lipinski definition) is 1. The molecule has 0 bridgehead atoms. The Morgan fingerprint density at radius 2 is 2.33 bits per heavy atom. The Bertz CT molecular complexity index is 443. The lowest BCUT2D eigenvalue weighted by Crippen LogP contribution is -2.36. The van der Waals surface area contributed by atoms with E-state index in [1.54, 1.807) is 7.11 Å². The molecular weight excluding hydrogens is 228 g/mol. The molecule has 0 spiro atoms. The van der Waals surface area contributed by atoms with Crippen LogP contribution in [0.3, 0.4) is 0 Å². The second-order valence-corrected chi connectivity index (χ2v) is 5.38. The molecule has 1 N–H and O–H groups in total. The summed E-state index contributed by atoms with van der Waals surface area (Å²) in [5, 5.41) is 10.9. The molecule has 1 aromatic rings. The van der Waals surface area contributed by atoms with Crippen LogP contribution in [-0.2, 0) is 16.8 Å².